The summed E-state index contributed by atoms with van der Waals surface area (Å²) in [5.41, 5.74) is 2.66. The van der Waals surface area contributed by atoms with Crippen LogP contribution in [0.1, 0.15) is 24.6 Å². The zero-order chi connectivity index (χ0) is 20.3. The molecule has 0 aliphatic carbocycles. The van der Waals surface area contributed by atoms with Crippen molar-refractivity contribution in [3.63, 3.8) is 0 Å². The molecule has 0 atom stereocenters. The SMILES string of the molecule is O=c1ccccn1CCN1CCC(c2nnc3ccc(-c4cccnc4)nn23)CC1. The maximum Gasteiger partial charge on any atom is 0.250 e. The van der Waals surface area contributed by atoms with Crippen molar-refractivity contribution in [1.29, 1.82) is 0 Å². The number of hydrogen-bond donors (Lipinski definition) is 0. The number of nitrogens with zero attached hydrogens (tertiary/aromatic N) is 7. The molecule has 0 radical (unpaired) electrons. The second-order valence-corrected chi connectivity index (χ2v) is 7.64. The van der Waals surface area contributed by atoms with Crippen LogP contribution in [0.25, 0.3) is 16.9 Å². The molecule has 1 fully saturated rings. The van der Waals surface area contributed by atoms with Gasteiger partial charge in [0.1, 0.15) is 0 Å². The molecular weight excluding hydrogens is 378 g/mol. The highest BCUT2D eigenvalue weighted by Gasteiger charge is 2.25. The maximum absolute atomic E-state index is 11.9. The molecule has 0 N–H and O–H groups in total. The Morgan fingerprint density at radius 3 is 2.67 bits per heavy atom. The van der Waals surface area contributed by atoms with Crippen molar-refractivity contribution < 1.29 is 0 Å². The molecule has 4 aromatic rings. The Balaban J connectivity index is 1.28. The Morgan fingerprint density at radius 2 is 1.87 bits per heavy atom. The lowest BCUT2D eigenvalue weighted by Crippen LogP contribution is -2.37. The first-order valence-electron chi connectivity index (χ1n) is 10.3. The minimum Gasteiger partial charge on any atom is -0.314 e. The van der Waals surface area contributed by atoms with Crippen LogP contribution in [-0.2, 0) is 6.54 Å². The van der Waals surface area contributed by atoms with E-state index in [1.165, 1.54) is 0 Å². The summed E-state index contributed by atoms with van der Waals surface area (Å²) in [6, 6.07) is 13.1. The quantitative estimate of drug-likeness (QED) is 0.510. The van der Waals surface area contributed by atoms with E-state index < -0.39 is 0 Å². The van der Waals surface area contributed by atoms with E-state index in [1.54, 1.807) is 22.9 Å². The van der Waals surface area contributed by atoms with Gasteiger partial charge in [-0.1, -0.05) is 6.07 Å². The smallest absolute Gasteiger partial charge is 0.250 e. The zero-order valence-corrected chi connectivity index (χ0v) is 16.6. The van der Waals surface area contributed by atoms with E-state index in [2.05, 4.69) is 20.1 Å². The van der Waals surface area contributed by atoms with Gasteiger partial charge in [0.15, 0.2) is 11.5 Å². The van der Waals surface area contributed by atoms with Crippen LogP contribution in [0.15, 0.2) is 65.8 Å². The number of hydrogen-bond acceptors (Lipinski definition) is 6. The average Bonchev–Trinajstić information content (AvgIpc) is 3.23. The molecule has 1 aliphatic heterocycles. The molecule has 152 valence electrons. The summed E-state index contributed by atoms with van der Waals surface area (Å²) < 4.78 is 3.65. The van der Waals surface area contributed by atoms with Crippen LogP contribution in [0.3, 0.4) is 0 Å². The van der Waals surface area contributed by atoms with E-state index in [0.717, 1.165) is 55.2 Å². The summed E-state index contributed by atoms with van der Waals surface area (Å²) in [7, 11) is 0. The first kappa shape index (κ1) is 18.6. The van der Waals surface area contributed by atoms with Gasteiger partial charge in [0.2, 0.25) is 0 Å². The molecule has 30 heavy (non-hydrogen) atoms. The molecule has 0 bridgehead atoms. The average molecular weight is 401 g/mol. The minimum absolute atomic E-state index is 0.0535. The maximum atomic E-state index is 11.9. The highest BCUT2D eigenvalue weighted by Crippen LogP contribution is 2.27. The highest BCUT2D eigenvalue weighted by molar-refractivity contribution is 5.58. The van der Waals surface area contributed by atoms with Crippen LogP contribution in [0.2, 0.25) is 0 Å². The van der Waals surface area contributed by atoms with Crippen LogP contribution < -0.4 is 5.56 Å². The van der Waals surface area contributed by atoms with Gasteiger partial charge in [0, 0.05) is 49.2 Å². The highest BCUT2D eigenvalue weighted by atomic mass is 16.1. The Bertz CT molecular complexity index is 1190. The summed E-state index contributed by atoms with van der Waals surface area (Å²) in [5.74, 6) is 1.25. The molecule has 5 heterocycles. The van der Waals surface area contributed by atoms with Crippen LogP contribution in [0.5, 0.6) is 0 Å². The lowest BCUT2D eigenvalue weighted by atomic mass is 9.96. The Kier molecular flexibility index (Phi) is 5.06. The topological polar surface area (TPSA) is 81.2 Å². The van der Waals surface area contributed by atoms with Crippen LogP contribution in [0, 0.1) is 0 Å². The van der Waals surface area contributed by atoms with Crippen LogP contribution in [0.4, 0.5) is 0 Å². The molecule has 0 spiro atoms. The molecule has 1 saturated heterocycles. The zero-order valence-electron chi connectivity index (χ0n) is 16.6. The third-order valence-corrected chi connectivity index (χ3v) is 5.75. The van der Waals surface area contributed by atoms with Gasteiger partial charge in [0.05, 0.1) is 5.69 Å². The van der Waals surface area contributed by atoms with E-state index in [-0.39, 0.29) is 5.56 Å². The van der Waals surface area contributed by atoms with Gasteiger partial charge in [-0.15, -0.1) is 10.2 Å². The van der Waals surface area contributed by atoms with Crippen molar-refractivity contribution in [2.24, 2.45) is 0 Å². The van der Waals surface area contributed by atoms with Gasteiger partial charge in [-0.25, -0.2) is 0 Å². The summed E-state index contributed by atoms with van der Waals surface area (Å²) in [6.45, 7) is 3.54. The Labute approximate surface area is 173 Å². The summed E-state index contributed by atoms with van der Waals surface area (Å²) >= 11 is 0. The minimum atomic E-state index is 0.0535. The van der Waals surface area contributed by atoms with Crippen molar-refractivity contribution in [3.8, 4) is 11.3 Å². The van der Waals surface area contributed by atoms with Crippen LogP contribution >= 0.6 is 0 Å². The normalized spacial score (nSPS) is 15.6. The molecule has 4 aromatic heterocycles. The number of fused-ring (bicyclic) bond motifs is 1. The Morgan fingerprint density at radius 1 is 0.967 bits per heavy atom. The lowest BCUT2D eigenvalue weighted by molar-refractivity contribution is 0.201. The van der Waals surface area contributed by atoms with Gasteiger partial charge < -0.3 is 9.47 Å². The molecule has 0 unspecified atom stereocenters. The van der Waals surface area contributed by atoms with E-state index >= 15 is 0 Å². The lowest BCUT2D eigenvalue weighted by Gasteiger charge is -2.31. The van der Waals surface area contributed by atoms with E-state index in [1.807, 2.05) is 47.2 Å². The molecule has 0 saturated carbocycles. The van der Waals surface area contributed by atoms with Gasteiger partial charge in [-0.05, 0) is 56.3 Å². The summed E-state index contributed by atoms with van der Waals surface area (Å²) in [6.07, 6.45) is 7.43. The number of pyridine rings is 2. The van der Waals surface area contributed by atoms with Gasteiger partial charge >= 0.3 is 0 Å². The second-order valence-electron chi connectivity index (χ2n) is 7.64. The molecule has 8 nitrogen and oxygen atoms in total. The van der Waals surface area contributed by atoms with E-state index in [0.29, 0.717) is 12.5 Å². The van der Waals surface area contributed by atoms with Crippen molar-refractivity contribution in [3.05, 3.63) is 77.2 Å². The second kappa shape index (κ2) is 8.16. The molecule has 5 rings (SSSR count). The third kappa shape index (κ3) is 3.73. The largest absolute Gasteiger partial charge is 0.314 e. The van der Waals surface area contributed by atoms with Gasteiger partial charge in [-0.2, -0.15) is 9.61 Å². The number of likely N-dealkylation sites (tertiary alicyclic amines) is 1. The molecule has 1 aliphatic rings. The monoisotopic (exact) mass is 401 g/mol. The van der Waals surface area contributed by atoms with Crippen molar-refractivity contribution in [1.82, 2.24) is 34.3 Å². The predicted molar refractivity (Wildman–Crippen MR) is 113 cm³/mol. The fourth-order valence-corrected chi connectivity index (χ4v) is 4.04. The molecule has 8 heteroatoms. The van der Waals surface area contributed by atoms with Gasteiger partial charge in [-0.3, -0.25) is 9.78 Å². The fourth-order valence-electron chi connectivity index (χ4n) is 4.04. The predicted octanol–water partition coefficient (Wildman–Crippen LogP) is 2.23. The van der Waals surface area contributed by atoms with Crippen molar-refractivity contribution in [2.75, 3.05) is 19.6 Å². The first-order chi connectivity index (χ1) is 14.8. The molecular formula is C22H23N7O. The standard InChI is InChI=1S/C22H23N7O/c30-21-5-1-2-11-28(21)15-14-27-12-8-17(9-13-27)22-25-24-20-7-6-19(26-29(20)22)18-4-3-10-23-16-18/h1-7,10-11,16-17H,8-9,12-15H2. The van der Waals surface area contributed by atoms with E-state index in [9.17, 15) is 4.79 Å². The number of aromatic nitrogens is 6. The Hall–Kier alpha value is -3.39. The van der Waals surface area contributed by atoms with Crippen LogP contribution in [-0.4, -0.2) is 53.9 Å². The van der Waals surface area contributed by atoms with Gasteiger partial charge in [0.25, 0.3) is 5.56 Å². The molecule has 0 aromatic carbocycles. The summed E-state index contributed by atoms with van der Waals surface area (Å²) in [5, 5.41) is 13.6. The third-order valence-electron chi connectivity index (χ3n) is 5.75. The first-order valence-corrected chi connectivity index (χ1v) is 10.3. The van der Waals surface area contributed by atoms with E-state index in [4.69, 9.17) is 5.10 Å². The fraction of sp³-hybridized carbons (Fsp3) is 0.318. The van der Waals surface area contributed by atoms with Crippen molar-refractivity contribution in [2.45, 2.75) is 25.3 Å². The molecule has 0 amide bonds. The van der Waals surface area contributed by atoms with Crippen molar-refractivity contribution >= 4 is 5.65 Å². The number of piperidine rings is 1. The summed E-state index contributed by atoms with van der Waals surface area (Å²) in [4.78, 5) is 18.5. The number of rotatable bonds is 5.